The van der Waals surface area contributed by atoms with Crippen LogP contribution in [0.1, 0.15) is 6.42 Å². The Morgan fingerprint density at radius 2 is 2.00 bits per heavy atom. The molecule has 0 saturated carbocycles. The van der Waals surface area contributed by atoms with Gasteiger partial charge in [0, 0.05) is 38.3 Å². The minimum absolute atomic E-state index is 0.190. The highest BCUT2D eigenvalue weighted by atomic mass is 127. The number of morpholine rings is 1. The maximum atomic E-state index is 13.7. The number of hydrogen-bond acceptors (Lipinski definition) is 4. The number of anilines is 2. The molecular weight excluding hydrogens is 372 g/mol. The summed E-state index contributed by atoms with van der Waals surface area (Å²) in [6.07, 6.45) is 1.10. The average Bonchev–Trinajstić information content (AvgIpc) is 2.93. The summed E-state index contributed by atoms with van der Waals surface area (Å²) < 4.78 is 19.7. The van der Waals surface area contributed by atoms with Crippen LogP contribution in [-0.4, -0.2) is 50.3 Å². The lowest BCUT2D eigenvalue weighted by atomic mass is 10.2. The van der Waals surface area contributed by atoms with Crippen LogP contribution in [0.15, 0.2) is 12.1 Å². The molecule has 0 spiro atoms. The lowest BCUT2D eigenvalue weighted by molar-refractivity contribution is 0.0209. The first-order chi connectivity index (χ1) is 9.65. The molecule has 20 heavy (non-hydrogen) atoms. The van der Waals surface area contributed by atoms with Gasteiger partial charge in [0.15, 0.2) is 0 Å². The number of rotatable bonds is 2. The molecule has 0 amide bonds. The Balaban J connectivity index is 1.72. The van der Waals surface area contributed by atoms with Gasteiger partial charge in [0.05, 0.1) is 28.2 Å². The van der Waals surface area contributed by atoms with Crippen molar-refractivity contribution in [3.05, 3.63) is 21.5 Å². The Kier molecular flexibility index (Phi) is 4.32. The first kappa shape index (κ1) is 14.3. The van der Waals surface area contributed by atoms with Crippen molar-refractivity contribution in [2.45, 2.75) is 12.5 Å². The minimum atomic E-state index is -0.190. The van der Waals surface area contributed by atoms with E-state index in [1.807, 2.05) is 22.6 Å². The van der Waals surface area contributed by atoms with Crippen molar-refractivity contribution in [3.8, 4) is 0 Å². The van der Waals surface area contributed by atoms with Crippen molar-refractivity contribution < 1.29 is 9.13 Å². The lowest BCUT2D eigenvalue weighted by Crippen LogP contribution is -2.44. The molecule has 1 aromatic carbocycles. The predicted molar refractivity (Wildman–Crippen MR) is 86.5 cm³/mol. The fourth-order valence-corrected chi connectivity index (χ4v) is 3.52. The molecule has 1 aromatic rings. The van der Waals surface area contributed by atoms with Gasteiger partial charge < -0.3 is 15.4 Å². The summed E-state index contributed by atoms with van der Waals surface area (Å²) >= 11 is 1.97. The van der Waals surface area contributed by atoms with Crippen molar-refractivity contribution in [2.75, 3.05) is 50.0 Å². The summed E-state index contributed by atoms with van der Waals surface area (Å²) in [4.78, 5) is 4.68. The summed E-state index contributed by atoms with van der Waals surface area (Å²) in [5, 5.41) is 0. The van der Waals surface area contributed by atoms with Gasteiger partial charge in [-0.2, -0.15) is 0 Å². The molecule has 0 radical (unpaired) electrons. The van der Waals surface area contributed by atoms with E-state index < -0.39 is 0 Å². The summed E-state index contributed by atoms with van der Waals surface area (Å²) in [5.41, 5.74) is 7.54. The number of benzene rings is 1. The molecule has 110 valence electrons. The largest absolute Gasteiger partial charge is 0.397 e. The number of halogens is 2. The Morgan fingerprint density at radius 3 is 2.75 bits per heavy atom. The number of ether oxygens (including phenoxy) is 1. The second-order valence-electron chi connectivity index (χ2n) is 5.36. The van der Waals surface area contributed by atoms with Crippen molar-refractivity contribution in [2.24, 2.45) is 0 Å². The van der Waals surface area contributed by atoms with Gasteiger partial charge in [-0.3, -0.25) is 4.90 Å². The van der Waals surface area contributed by atoms with Crippen molar-refractivity contribution in [3.63, 3.8) is 0 Å². The van der Waals surface area contributed by atoms with Crippen LogP contribution in [0.2, 0.25) is 0 Å². The highest BCUT2D eigenvalue weighted by Crippen LogP contribution is 2.31. The lowest BCUT2D eigenvalue weighted by Gasteiger charge is -2.32. The van der Waals surface area contributed by atoms with Crippen LogP contribution in [0.5, 0.6) is 0 Å². The third-order valence-corrected chi connectivity index (χ3v) is 4.96. The van der Waals surface area contributed by atoms with E-state index in [9.17, 15) is 4.39 Å². The zero-order valence-corrected chi connectivity index (χ0v) is 13.5. The number of nitrogens with zero attached hydrogens (tertiary/aromatic N) is 2. The second kappa shape index (κ2) is 6.03. The van der Waals surface area contributed by atoms with Crippen LogP contribution >= 0.6 is 22.6 Å². The van der Waals surface area contributed by atoms with E-state index in [1.54, 1.807) is 12.1 Å². The molecule has 4 nitrogen and oxygen atoms in total. The highest BCUT2D eigenvalue weighted by Gasteiger charge is 2.29. The fourth-order valence-electron chi connectivity index (χ4n) is 3.03. The molecule has 6 heteroatoms. The Labute approximate surface area is 132 Å². The molecule has 0 aromatic heterocycles. The van der Waals surface area contributed by atoms with Crippen LogP contribution in [0.4, 0.5) is 15.8 Å². The second-order valence-corrected chi connectivity index (χ2v) is 6.52. The Morgan fingerprint density at radius 1 is 1.25 bits per heavy atom. The first-order valence-electron chi connectivity index (χ1n) is 6.96. The summed E-state index contributed by atoms with van der Waals surface area (Å²) in [6.45, 7) is 5.48. The van der Waals surface area contributed by atoms with Crippen molar-refractivity contribution in [1.29, 1.82) is 0 Å². The molecular formula is C14H19FIN3O. The van der Waals surface area contributed by atoms with Gasteiger partial charge in [-0.05, 0) is 35.1 Å². The van der Waals surface area contributed by atoms with E-state index in [2.05, 4.69) is 9.80 Å². The SMILES string of the molecule is Nc1cc(I)c(F)cc1N1CCC(N2CCOCC2)C1. The monoisotopic (exact) mass is 391 g/mol. The van der Waals surface area contributed by atoms with Crippen molar-refractivity contribution >= 4 is 34.0 Å². The van der Waals surface area contributed by atoms with E-state index in [-0.39, 0.29) is 5.82 Å². The Hall–Kier alpha value is -0.600. The summed E-state index contributed by atoms with van der Waals surface area (Å²) in [6, 6.07) is 3.81. The van der Waals surface area contributed by atoms with Crippen LogP contribution < -0.4 is 10.6 Å². The maximum Gasteiger partial charge on any atom is 0.138 e. The molecule has 0 bridgehead atoms. The molecule has 1 unspecified atom stereocenters. The molecule has 2 heterocycles. The molecule has 3 rings (SSSR count). The van der Waals surface area contributed by atoms with E-state index >= 15 is 0 Å². The molecule has 2 aliphatic rings. The first-order valence-corrected chi connectivity index (χ1v) is 8.04. The summed E-state index contributed by atoms with van der Waals surface area (Å²) in [7, 11) is 0. The molecule has 2 aliphatic heterocycles. The molecule has 2 N–H and O–H groups in total. The Bertz CT molecular complexity index is 494. The van der Waals surface area contributed by atoms with Gasteiger partial charge in [0.25, 0.3) is 0 Å². The van der Waals surface area contributed by atoms with Crippen LogP contribution in [0, 0.1) is 9.39 Å². The molecule has 0 aliphatic carbocycles. The van der Waals surface area contributed by atoms with Gasteiger partial charge in [-0.15, -0.1) is 0 Å². The van der Waals surface area contributed by atoms with Crippen LogP contribution in [0.3, 0.4) is 0 Å². The van der Waals surface area contributed by atoms with E-state index in [0.29, 0.717) is 15.3 Å². The zero-order chi connectivity index (χ0) is 14.1. The van der Waals surface area contributed by atoms with Gasteiger partial charge >= 0.3 is 0 Å². The molecule has 2 fully saturated rings. The highest BCUT2D eigenvalue weighted by molar-refractivity contribution is 14.1. The smallest absolute Gasteiger partial charge is 0.138 e. The molecule has 1 atom stereocenters. The zero-order valence-electron chi connectivity index (χ0n) is 11.3. The van der Waals surface area contributed by atoms with E-state index in [0.717, 1.165) is 51.5 Å². The minimum Gasteiger partial charge on any atom is -0.397 e. The van der Waals surface area contributed by atoms with Gasteiger partial charge in [-0.1, -0.05) is 0 Å². The topological polar surface area (TPSA) is 41.7 Å². The number of hydrogen-bond donors (Lipinski definition) is 1. The number of nitrogen functional groups attached to an aromatic ring is 1. The van der Waals surface area contributed by atoms with E-state index in [1.165, 1.54) is 0 Å². The summed E-state index contributed by atoms with van der Waals surface area (Å²) in [5.74, 6) is -0.190. The van der Waals surface area contributed by atoms with Gasteiger partial charge in [0.2, 0.25) is 0 Å². The fraction of sp³-hybridized carbons (Fsp3) is 0.571. The third kappa shape index (κ3) is 2.87. The third-order valence-electron chi connectivity index (χ3n) is 4.14. The van der Waals surface area contributed by atoms with Gasteiger partial charge in [0.1, 0.15) is 5.82 Å². The number of nitrogens with two attached hydrogens (primary N) is 1. The van der Waals surface area contributed by atoms with Crippen LogP contribution in [-0.2, 0) is 4.74 Å². The average molecular weight is 391 g/mol. The normalized spacial score (nSPS) is 24.3. The standard InChI is InChI=1S/C14H19FIN3O/c15-11-7-14(13(17)8-12(11)16)19-2-1-10(9-19)18-3-5-20-6-4-18/h7-8,10H,1-6,9,17H2. The maximum absolute atomic E-state index is 13.7. The van der Waals surface area contributed by atoms with Crippen molar-refractivity contribution in [1.82, 2.24) is 4.90 Å². The predicted octanol–water partition coefficient (Wildman–Crippen LogP) is 1.92. The van der Waals surface area contributed by atoms with E-state index in [4.69, 9.17) is 10.5 Å². The molecule has 2 saturated heterocycles. The van der Waals surface area contributed by atoms with Crippen LogP contribution in [0.25, 0.3) is 0 Å². The quantitative estimate of drug-likeness (QED) is 0.618. The van der Waals surface area contributed by atoms with Gasteiger partial charge in [-0.25, -0.2) is 4.39 Å².